The molecule has 1 fully saturated rings. The van der Waals surface area contributed by atoms with E-state index in [9.17, 15) is 9.59 Å². The zero-order valence-electron chi connectivity index (χ0n) is 12.3. The minimum absolute atomic E-state index is 0.0912. The maximum Gasteiger partial charge on any atom is 0.304 e. The zero-order chi connectivity index (χ0) is 14.4. The summed E-state index contributed by atoms with van der Waals surface area (Å²) in [4.78, 5) is 26.6. The van der Waals surface area contributed by atoms with Gasteiger partial charge in [-0.1, -0.05) is 20.8 Å². The molecule has 0 aromatic heterocycles. The zero-order valence-corrected chi connectivity index (χ0v) is 12.3. The molecule has 0 bridgehead atoms. The molecule has 110 valence electrons. The molecule has 0 aromatic carbocycles. The highest BCUT2D eigenvalue weighted by molar-refractivity contribution is 5.78. The third kappa shape index (κ3) is 5.59. The Hall–Kier alpha value is -1.10. The van der Waals surface area contributed by atoms with Crippen molar-refractivity contribution >= 4 is 11.9 Å². The number of carboxylic acid groups (broad SMARTS) is 1. The van der Waals surface area contributed by atoms with E-state index in [-0.39, 0.29) is 12.3 Å². The van der Waals surface area contributed by atoms with Crippen molar-refractivity contribution in [2.24, 2.45) is 11.8 Å². The van der Waals surface area contributed by atoms with Gasteiger partial charge in [-0.2, -0.15) is 0 Å². The quantitative estimate of drug-likeness (QED) is 0.790. The standard InChI is InChI=1S/C14H26N2O3/c1-4-15(6-5-14(18)19)10-13(17)16-8-11(2)7-12(3)9-16/h11-12H,4-10H2,1-3H3,(H,18,19). The summed E-state index contributed by atoms with van der Waals surface area (Å²) in [6, 6.07) is 0. The Morgan fingerprint density at radius 3 is 2.32 bits per heavy atom. The van der Waals surface area contributed by atoms with Gasteiger partial charge in [0.1, 0.15) is 0 Å². The first kappa shape index (κ1) is 16.0. The molecule has 2 atom stereocenters. The summed E-state index contributed by atoms with van der Waals surface area (Å²) in [5.41, 5.74) is 0. The maximum absolute atomic E-state index is 12.2. The Morgan fingerprint density at radius 1 is 1.26 bits per heavy atom. The molecule has 1 aliphatic rings. The van der Waals surface area contributed by atoms with Gasteiger partial charge in [0.25, 0.3) is 0 Å². The first-order chi connectivity index (χ1) is 8.92. The van der Waals surface area contributed by atoms with E-state index in [1.807, 2.05) is 16.7 Å². The number of amides is 1. The van der Waals surface area contributed by atoms with Crippen LogP contribution in [0.15, 0.2) is 0 Å². The summed E-state index contributed by atoms with van der Waals surface area (Å²) in [5.74, 6) is 0.431. The summed E-state index contributed by atoms with van der Waals surface area (Å²) in [6.07, 6.45) is 1.27. The van der Waals surface area contributed by atoms with Gasteiger partial charge in [0.05, 0.1) is 13.0 Å². The number of carbonyl (C=O) groups excluding carboxylic acids is 1. The lowest BCUT2D eigenvalue weighted by Crippen LogP contribution is -2.47. The van der Waals surface area contributed by atoms with Crippen LogP contribution in [0.3, 0.4) is 0 Å². The highest BCUT2D eigenvalue weighted by Gasteiger charge is 2.26. The number of aliphatic carboxylic acids is 1. The molecule has 19 heavy (non-hydrogen) atoms. The number of hydrogen-bond acceptors (Lipinski definition) is 3. The normalized spacial score (nSPS) is 23.7. The van der Waals surface area contributed by atoms with Gasteiger partial charge in [-0.25, -0.2) is 0 Å². The van der Waals surface area contributed by atoms with E-state index in [0.717, 1.165) is 13.1 Å². The van der Waals surface area contributed by atoms with Crippen molar-refractivity contribution in [2.45, 2.75) is 33.6 Å². The first-order valence-corrected chi connectivity index (χ1v) is 7.14. The summed E-state index contributed by atoms with van der Waals surface area (Å²) >= 11 is 0. The molecule has 1 amide bonds. The molecule has 1 heterocycles. The molecule has 0 radical (unpaired) electrons. The van der Waals surface area contributed by atoms with E-state index in [1.165, 1.54) is 6.42 Å². The molecule has 1 N–H and O–H groups in total. The Bertz CT molecular complexity index is 310. The molecule has 1 rings (SSSR count). The smallest absolute Gasteiger partial charge is 0.304 e. The third-order valence-electron chi connectivity index (χ3n) is 3.67. The predicted octanol–water partition coefficient (Wildman–Crippen LogP) is 1.29. The molecule has 0 aromatic rings. The second-order valence-electron chi connectivity index (χ2n) is 5.76. The van der Waals surface area contributed by atoms with Gasteiger partial charge >= 0.3 is 5.97 Å². The van der Waals surface area contributed by atoms with E-state index in [4.69, 9.17) is 5.11 Å². The first-order valence-electron chi connectivity index (χ1n) is 7.14. The van der Waals surface area contributed by atoms with Crippen LogP contribution < -0.4 is 0 Å². The fraction of sp³-hybridized carbons (Fsp3) is 0.857. The number of likely N-dealkylation sites (tertiary alicyclic amines) is 1. The molecular weight excluding hydrogens is 244 g/mol. The van der Waals surface area contributed by atoms with Crippen LogP contribution in [0.1, 0.15) is 33.6 Å². The number of likely N-dealkylation sites (N-methyl/N-ethyl adjacent to an activating group) is 1. The van der Waals surface area contributed by atoms with Gasteiger partial charge in [0, 0.05) is 19.6 Å². The lowest BCUT2D eigenvalue weighted by Gasteiger charge is -2.36. The summed E-state index contributed by atoms with van der Waals surface area (Å²) < 4.78 is 0. The van der Waals surface area contributed by atoms with Crippen molar-refractivity contribution in [3.05, 3.63) is 0 Å². The van der Waals surface area contributed by atoms with E-state index in [1.54, 1.807) is 0 Å². The van der Waals surface area contributed by atoms with Crippen molar-refractivity contribution in [1.82, 2.24) is 9.80 Å². The lowest BCUT2D eigenvalue weighted by molar-refractivity contribution is -0.139. The summed E-state index contributed by atoms with van der Waals surface area (Å²) in [5, 5.41) is 8.69. The van der Waals surface area contributed by atoms with Crippen LogP contribution in [0.4, 0.5) is 0 Å². The van der Waals surface area contributed by atoms with Crippen molar-refractivity contribution in [1.29, 1.82) is 0 Å². The minimum Gasteiger partial charge on any atom is -0.481 e. The van der Waals surface area contributed by atoms with Crippen LogP contribution in [-0.4, -0.2) is 59.5 Å². The van der Waals surface area contributed by atoms with Gasteiger partial charge in [-0.15, -0.1) is 0 Å². The van der Waals surface area contributed by atoms with E-state index in [0.29, 0.717) is 31.5 Å². The highest BCUT2D eigenvalue weighted by atomic mass is 16.4. The van der Waals surface area contributed by atoms with Gasteiger partial charge in [0.2, 0.25) is 5.91 Å². The topological polar surface area (TPSA) is 60.9 Å². The average Bonchev–Trinajstić information content (AvgIpc) is 2.32. The van der Waals surface area contributed by atoms with Gasteiger partial charge in [-0.05, 0) is 24.8 Å². The fourth-order valence-electron chi connectivity index (χ4n) is 2.76. The van der Waals surface area contributed by atoms with Gasteiger partial charge < -0.3 is 10.0 Å². The number of rotatable bonds is 6. The van der Waals surface area contributed by atoms with Gasteiger partial charge in [0.15, 0.2) is 0 Å². The maximum atomic E-state index is 12.2. The second-order valence-corrected chi connectivity index (χ2v) is 5.76. The van der Waals surface area contributed by atoms with Crippen LogP contribution in [0.5, 0.6) is 0 Å². The molecule has 0 spiro atoms. The Morgan fingerprint density at radius 2 is 1.84 bits per heavy atom. The van der Waals surface area contributed by atoms with Crippen molar-refractivity contribution < 1.29 is 14.7 Å². The highest BCUT2D eigenvalue weighted by Crippen LogP contribution is 2.20. The summed E-state index contributed by atoms with van der Waals surface area (Å²) in [7, 11) is 0. The van der Waals surface area contributed by atoms with Crippen LogP contribution in [0.2, 0.25) is 0 Å². The predicted molar refractivity (Wildman–Crippen MR) is 73.9 cm³/mol. The van der Waals surface area contributed by atoms with E-state index >= 15 is 0 Å². The Balaban J connectivity index is 2.45. The SMILES string of the molecule is CCN(CCC(=O)O)CC(=O)N1CC(C)CC(C)C1. The van der Waals surface area contributed by atoms with Crippen LogP contribution in [0.25, 0.3) is 0 Å². The number of nitrogens with zero attached hydrogens (tertiary/aromatic N) is 2. The van der Waals surface area contributed by atoms with Crippen LogP contribution >= 0.6 is 0 Å². The molecule has 0 aliphatic carbocycles. The number of carbonyl (C=O) groups is 2. The van der Waals surface area contributed by atoms with Crippen LogP contribution in [0, 0.1) is 11.8 Å². The molecule has 1 aliphatic heterocycles. The second kappa shape index (κ2) is 7.48. The van der Waals surface area contributed by atoms with Gasteiger partial charge in [-0.3, -0.25) is 14.5 Å². The van der Waals surface area contributed by atoms with Crippen molar-refractivity contribution in [3.8, 4) is 0 Å². The van der Waals surface area contributed by atoms with Crippen LogP contribution in [-0.2, 0) is 9.59 Å². The van der Waals surface area contributed by atoms with E-state index in [2.05, 4.69) is 13.8 Å². The Labute approximate surface area is 115 Å². The number of piperidine rings is 1. The molecular formula is C14H26N2O3. The molecule has 2 unspecified atom stereocenters. The Kier molecular flexibility index (Phi) is 6.28. The molecule has 5 nitrogen and oxygen atoms in total. The third-order valence-corrected chi connectivity index (χ3v) is 3.67. The lowest BCUT2D eigenvalue weighted by atomic mass is 9.92. The monoisotopic (exact) mass is 270 g/mol. The number of hydrogen-bond donors (Lipinski definition) is 1. The fourth-order valence-corrected chi connectivity index (χ4v) is 2.76. The summed E-state index contributed by atoms with van der Waals surface area (Å²) in [6.45, 7) is 9.46. The minimum atomic E-state index is -0.814. The molecule has 1 saturated heterocycles. The van der Waals surface area contributed by atoms with Crippen molar-refractivity contribution in [3.63, 3.8) is 0 Å². The largest absolute Gasteiger partial charge is 0.481 e. The molecule has 0 saturated carbocycles. The van der Waals surface area contributed by atoms with Crippen molar-refractivity contribution in [2.75, 3.05) is 32.7 Å². The molecule has 5 heteroatoms. The number of carboxylic acids is 1. The van der Waals surface area contributed by atoms with E-state index < -0.39 is 5.97 Å². The average molecular weight is 270 g/mol.